The van der Waals surface area contributed by atoms with Crippen LogP contribution in [0.15, 0.2) is 21.6 Å². The molecule has 0 bridgehead atoms. The summed E-state index contributed by atoms with van der Waals surface area (Å²) in [5, 5.41) is 1.68. The van der Waals surface area contributed by atoms with E-state index in [0.717, 1.165) is 13.1 Å². The number of nitrogens with zero attached hydrogens (tertiary/aromatic N) is 3. The molecular weight excluding hydrogens is 334 g/mol. The van der Waals surface area contributed by atoms with Crippen LogP contribution in [0.3, 0.4) is 0 Å². The van der Waals surface area contributed by atoms with Gasteiger partial charge in [-0.3, -0.25) is 0 Å². The number of sulfonamides is 1. The quantitative estimate of drug-likeness (QED) is 0.789. The molecule has 7 nitrogen and oxygen atoms in total. The highest BCUT2D eigenvalue weighted by atomic mass is 79.9. The molecule has 0 spiro atoms. The number of rotatable bonds is 3. The van der Waals surface area contributed by atoms with Gasteiger partial charge in [-0.15, -0.1) is 4.83 Å². The van der Waals surface area contributed by atoms with Crippen LogP contribution < -0.4 is 10.6 Å². The fourth-order valence-electron chi connectivity index (χ4n) is 1.76. The Hall–Kier alpha value is -0.740. The molecule has 0 amide bonds. The van der Waals surface area contributed by atoms with Crippen molar-refractivity contribution in [3.8, 4) is 0 Å². The first kappa shape index (κ1) is 14.7. The van der Waals surface area contributed by atoms with Gasteiger partial charge in [-0.25, -0.2) is 18.4 Å². The Morgan fingerprint density at radius 1 is 1.37 bits per heavy atom. The highest BCUT2D eigenvalue weighted by molar-refractivity contribution is 9.10. The first-order valence-electron chi connectivity index (χ1n) is 5.75. The van der Waals surface area contributed by atoms with Gasteiger partial charge in [-0.1, -0.05) is 0 Å². The lowest BCUT2D eigenvalue weighted by Gasteiger charge is -2.32. The Bertz CT molecular complexity index is 557. The minimum atomic E-state index is -3.69. The molecule has 0 aromatic carbocycles. The molecule has 2 rings (SSSR count). The van der Waals surface area contributed by atoms with E-state index in [1.807, 2.05) is 7.05 Å². The number of anilines is 1. The molecule has 1 aromatic rings. The van der Waals surface area contributed by atoms with Gasteiger partial charge in [0.25, 0.3) is 10.0 Å². The summed E-state index contributed by atoms with van der Waals surface area (Å²) in [5.41, 5.74) is 5.62. The van der Waals surface area contributed by atoms with Crippen molar-refractivity contribution in [2.24, 2.45) is 0 Å². The first-order valence-corrected chi connectivity index (χ1v) is 8.03. The van der Waals surface area contributed by atoms with E-state index >= 15 is 0 Å². The molecule has 0 unspecified atom stereocenters. The molecule has 2 heterocycles. The van der Waals surface area contributed by atoms with E-state index in [4.69, 9.17) is 5.73 Å². The Balaban J connectivity index is 2.16. The Morgan fingerprint density at radius 3 is 2.63 bits per heavy atom. The number of aromatic nitrogens is 1. The van der Waals surface area contributed by atoms with Crippen LogP contribution in [0.5, 0.6) is 0 Å². The van der Waals surface area contributed by atoms with Gasteiger partial charge in [0.1, 0.15) is 10.7 Å². The summed E-state index contributed by atoms with van der Waals surface area (Å²) in [7, 11) is -1.69. The van der Waals surface area contributed by atoms with Gasteiger partial charge in [0, 0.05) is 36.8 Å². The number of hydrogen-bond donors (Lipinski definition) is 2. The van der Waals surface area contributed by atoms with Gasteiger partial charge < -0.3 is 10.6 Å². The molecule has 19 heavy (non-hydrogen) atoms. The molecule has 9 heteroatoms. The zero-order chi connectivity index (χ0) is 14.0. The zero-order valence-electron chi connectivity index (χ0n) is 10.5. The maximum absolute atomic E-state index is 12.2. The van der Waals surface area contributed by atoms with Crippen LogP contribution in [0.25, 0.3) is 0 Å². The van der Waals surface area contributed by atoms with Gasteiger partial charge in [-0.2, -0.15) is 0 Å². The van der Waals surface area contributed by atoms with Crippen molar-refractivity contribution in [1.29, 1.82) is 0 Å². The second kappa shape index (κ2) is 5.71. The first-order chi connectivity index (χ1) is 8.88. The molecule has 0 saturated carbocycles. The fraction of sp³-hybridized carbons (Fsp3) is 0.500. The summed E-state index contributed by atoms with van der Waals surface area (Å²) in [5.74, 6) is -0.00942. The highest BCUT2D eigenvalue weighted by Crippen LogP contribution is 2.20. The van der Waals surface area contributed by atoms with E-state index < -0.39 is 10.0 Å². The number of nitrogens with one attached hydrogen (secondary N) is 1. The molecule has 106 valence electrons. The summed E-state index contributed by atoms with van der Waals surface area (Å²) in [4.78, 5) is 8.50. The second-order valence-electron chi connectivity index (χ2n) is 4.42. The molecule has 0 atom stereocenters. The molecule has 1 aliphatic heterocycles. The number of likely N-dealkylation sites (N-methyl/N-ethyl adjacent to an activating group) is 1. The van der Waals surface area contributed by atoms with E-state index in [9.17, 15) is 8.42 Å². The monoisotopic (exact) mass is 349 g/mol. The van der Waals surface area contributed by atoms with Gasteiger partial charge in [0.15, 0.2) is 0 Å². The Kier molecular flexibility index (Phi) is 4.41. The van der Waals surface area contributed by atoms with Crippen LogP contribution in [0, 0.1) is 0 Å². The van der Waals surface area contributed by atoms with Gasteiger partial charge in [0.05, 0.1) is 0 Å². The number of halogens is 1. The number of piperazine rings is 1. The van der Waals surface area contributed by atoms with Crippen LogP contribution in [0.1, 0.15) is 0 Å². The molecule has 0 aliphatic carbocycles. The van der Waals surface area contributed by atoms with E-state index in [-0.39, 0.29) is 10.7 Å². The standard InChI is InChI=1S/C10H16BrN5O2S/c1-15-2-4-16(5-3-15)14-19(17,18)9-6-8(11)7-13-10(9)12/h6-7,14H,2-5H2,1H3,(H2,12,13). The normalized spacial score (nSPS) is 18.6. The van der Waals surface area contributed by atoms with Gasteiger partial charge in [0.2, 0.25) is 0 Å². The number of pyridine rings is 1. The predicted octanol–water partition coefficient (Wildman–Crippen LogP) is -0.133. The maximum Gasteiger partial charge on any atom is 0.257 e. The summed E-state index contributed by atoms with van der Waals surface area (Å²) < 4.78 is 25.1. The van der Waals surface area contributed by atoms with E-state index in [2.05, 4.69) is 30.6 Å². The van der Waals surface area contributed by atoms with Crippen molar-refractivity contribution < 1.29 is 8.42 Å². The van der Waals surface area contributed by atoms with Gasteiger partial charge >= 0.3 is 0 Å². The summed E-state index contributed by atoms with van der Waals surface area (Å²) in [6.45, 7) is 2.90. The molecule has 1 aliphatic rings. The summed E-state index contributed by atoms with van der Waals surface area (Å²) >= 11 is 3.19. The number of hydrazine groups is 1. The summed E-state index contributed by atoms with van der Waals surface area (Å²) in [6.07, 6.45) is 1.46. The number of nitrogen functional groups attached to an aromatic ring is 1. The Labute approximate surface area is 120 Å². The van der Waals surface area contributed by atoms with Crippen molar-refractivity contribution in [3.05, 3.63) is 16.7 Å². The molecular formula is C10H16BrN5O2S. The highest BCUT2D eigenvalue weighted by Gasteiger charge is 2.24. The lowest BCUT2D eigenvalue weighted by Crippen LogP contribution is -2.52. The van der Waals surface area contributed by atoms with Crippen LogP contribution in [0.2, 0.25) is 0 Å². The van der Waals surface area contributed by atoms with Crippen molar-refractivity contribution in [1.82, 2.24) is 19.7 Å². The van der Waals surface area contributed by atoms with Crippen molar-refractivity contribution in [2.75, 3.05) is 39.0 Å². The third-order valence-electron chi connectivity index (χ3n) is 2.89. The topological polar surface area (TPSA) is 91.6 Å². The lowest BCUT2D eigenvalue weighted by atomic mass is 10.4. The minimum absolute atomic E-state index is 0.00942. The second-order valence-corrected chi connectivity index (χ2v) is 6.97. The molecule has 0 radical (unpaired) electrons. The average Bonchev–Trinajstić information content (AvgIpc) is 2.35. The number of hydrogen-bond acceptors (Lipinski definition) is 6. The van der Waals surface area contributed by atoms with E-state index in [0.29, 0.717) is 17.6 Å². The largest absolute Gasteiger partial charge is 0.383 e. The van der Waals surface area contributed by atoms with E-state index in [1.54, 1.807) is 5.01 Å². The molecule has 1 fully saturated rings. The predicted molar refractivity (Wildman–Crippen MR) is 75.7 cm³/mol. The van der Waals surface area contributed by atoms with Crippen LogP contribution in [-0.4, -0.2) is 56.5 Å². The van der Waals surface area contributed by atoms with Crippen LogP contribution >= 0.6 is 15.9 Å². The van der Waals surface area contributed by atoms with Crippen LogP contribution in [-0.2, 0) is 10.0 Å². The zero-order valence-corrected chi connectivity index (χ0v) is 12.9. The maximum atomic E-state index is 12.2. The number of nitrogens with two attached hydrogens (primary N) is 1. The lowest BCUT2D eigenvalue weighted by molar-refractivity contribution is 0.135. The fourth-order valence-corrected chi connectivity index (χ4v) is 3.48. The summed E-state index contributed by atoms with van der Waals surface area (Å²) in [6, 6.07) is 1.45. The minimum Gasteiger partial charge on any atom is -0.383 e. The van der Waals surface area contributed by atoms with E-state index in [1.165, 1.54) is 12.3 Å². The van der Waals surface area contributed by atoms with Crippen LogP contribution in [0.4, 0.5) is 5.82 Å². The van der Waals surface area contributed by atoms with Crippen molar-refractivity contribution in [3.63, 3.8) is 0 Å². The molecule has 3 N–H and O–H groups in total. The third kappa shape index (κ3) is 3.63. The van der Waals surface area contributed by atoms with Crippen molar-refractivity contribution >= 4 is 31.8 Å². The van der Waals surface area contributed by atoms with Crippen molar-refractivity contribution in [2.45, 2.75) is 4.90 Å². The van der Waals surface area contributed by atoms with Gasteiger partial charge in [-0.05, 0) is 29.0 Å². The molecule has 1 aromatic heterocycles. The Morgan fingerprint density at radius 2 is 2.00 bits per heavy atom. The molecule has 1 saturated heterocycles. The average molecular weight is 350 g/mol. The smallest absolute Gasteiger partial charge is 0.257 e. The SMILES string of the molecule is CN1CCN(NS(=O)(=O)c2cc(Br)cnc2N)CC1. The third-order valence-corrected chi connectivity index (χ3v) is 4.73.